The molecule has 1 aromatic carbocycles. The van der Waals surface area contributed by atoms with Gasteiger partial charge in [-0.3, -0.25) is 9.69 Å². The summed E-state index contributed by atoms with van der Waals surface area (Å²) >= 11 is 0. The highest BCUT2D eigenvalue weighted by Gasteiger charge is 2.42. The number of nitrogens with zero attached hydrogens (tertiary/aromatic N) is 1. The van der Waals surface area contributed by atoms with E-state index in [9.17, 15) is 19.8 Å². The summed E-state index contributed by atoms with van der Waals surface area (Å²) in [4.78, 5) is 24.4. The van der Waals surface area contributed by atoms with Crippen LogP contribution in [0, 0.1) is 0 Å². The minimum atomic E-state index is -1.12. The zero-order valence-electron chi connectivity index (χ0n) is 14.3. The Morgan fingerprint density at radius 2 is 1.92 bits per heavy atom. The van der Waals surface area contributed by atoms with Crippen LogP contribution >= 0.6 is 0 Å². The summed E-state index contributed by atoms with van der Waals surface area (Å²) in [7, 11) is 0. The van der Waals surface area contributed by atoms with Gasteiger partial charge in [0.05, 0.1) is 12.0 Å². The Kier molecular flexibility index (Phi) is 5.27. The number of ether oxygens (including phenoxy) is 1. The third-order valence-electron chi connectivity index (χ3n) is 5.41. The Morgan fingerprint density at radius 3 is 2.48 bits per heavy atom. The second kappa shape index (κ2) is 7.44. The topological polar surface area (TPSA) is 87.1 Å². The zero-order chi connectivity index (χ0) is 17.9. The highest BCUT2D eigenvalue weighted by atomic mass is 16.6. The summed E-state index contributed by atoms with van der Waals surface area (Å²) < 4.78 is 5.17. The number of rotatable bonds is 5. The molecule has 1 aliphatic heterocycles. The average molecular weight is 347 g/mol. The van der Waals surface area contributed by atoms with Crippen molar-refractivity contribution in [2.45, 2.75) is 62.7 Å². The van der Waals surface area contributed by atoms with Gasteiger partial charge in [0.15, 0.2) is 6.23 Å². The molecule has 0 unspecified atom stereocenters. The van der Waals surface area contributed by atoms with E-state index < -0.39 is 17.9 Å². The van der Waals surface area contributed by atoms with Gasteiger partial charge in [0.2, 0.25) is 0 Å². The predicted octanol–water partition coefficient (Wildman–Crippen LogP) is 3.11. The number of carbonyl (C=O) groups excluding carboxylic acids is 1. The molecule has 0 radical (unpaired) electrons. The molecule has 136 valence electrons. The number of aliphatic hydroxyl groups is 1. The van der Waals surface area contributed by atoms with Crippen molar-refractivity contribution in [1.29, 1.82) is 0 Å². The number of amides is 1. The van der Waals surface area contributed by atoms with E-state index in [2.05, 4.69) is 0 Å². The van der Waals surface area contributed by atoms with Crippen molar-refractivity contribution in [3.05, 3.63) is 35.9 Å². The summed E-state index contributed by atoms with van der Waals surface area (Å²) in [5, 5.41) is 20.9. The normalized spacial score (nSPS) is 23.7. The fourth-order valence-corrected chi connectivity index (χ4v) is 4.03. The summed E-state index contributed by atoms with van der Waals surface area (Å²) in [5.74, 6) is -0.715. The molecule has 0 spiro atoms. The molecule has 1 aromatic rings. The molecule has 25 heavy (non-hydrogen) atoms. The van der Waals surface area contributed by atoms with Gasteiger partial charge in [0.1, 0.15) is 0 Å². The maximum atomic E-state index is 11.8. The Hall–Kier alpha value is -2.08. The minimum absolute atomic E-state index is 0.119. The van der Waals surface area contributed by atoms with Crippen molar-refractivity contribution in [2.24, 2.45) is 0 Å². The van der Waals surface area contributed by atoms with Gasteiger partial charge in [0, 0.05) is 18.9 Å². The minimum Gasteiger partial charge on any atom is -0.465 e. The van der Waals surface area contributed by atoms with E-state index in [1.165, 1.54) is 4.90 Å². The summed E-state index contributed by atoms with van der Waals surface area (Å²) in [6.45, 7) is 0.119. The molecule has 1 heterocycles. The van der Waals surface area contributed by atoms with Crippen LogP contribution in [0.4, 0.5) is 4.79 Å². The van der Waals surface area contributed by atoms with Crippen LogP contribution in [0.5, 0.6) is 0 Å². The highest BCUT2D eigenvalue weighted by molar-refractivity contribution is 5.73. The lowest BCUT2D eigenvalue weighted by atomic mass is 9.72. The first-order valence-corrected chi connectivity index (χ1v) is 8.96. The smallest absolute Gasteiger partial charge is 0.410 e. The molecule has 2 fully saturated rings. The van der Waals surface area contributed by atoms with Gasteiger partial charge in [-0.05, 0) is 18.4 Å². The average Bonchev–Trinajstić information content (AvgIpc) is 3.02. The van der Waals surface area contributed by atoms with Crippen LogP contribution in [-0.2, 0) is 9.53 Å². The molecule has 0 bridgehead atoms. The molecule has 6 nitrogen and oxygen atoms in total. The Balaban J connectivity index is 1.88. The van der Waals surface area contributed by atoms with Gasteiger partial charge in [-0.15, -0.1) is 0 Å². The number of benzene rings is 1. The van der Waals surface area contributed by atoms with Crippen molar-refractivity contribution in [2.75, 3.05) is 6.54 Å². The third kappa shape index (κ3) is 3.95. The van der Waals surface area contributed by atoms with E-state index >= 15 is 0 Å². The maximum absolute atomic E-state index is 11.8. The van der Waals surface area contributed by atoms with Crippen molar-refractivity contribution in [3.63, 3.8) is 0 Å². The third-order valence-corrected chi connectivity index (χ3v) is 5.41. The fraction of sp³-hybridized carbons (Fsp3) is 0.579. The standard InChI is InChI=1S/C19H25NO5/c21-17-10-9-16(25-17)20(18(22)23)13-15(14-7-3-1-4-8-14)19(24)11-5-2-6-12-19/h1,3-4,7-8,15-16,24H,2,5-6,9-13H2,(H,22,23)/t15-,16+/m1/s1. The highest BCUT2D eigenvalue weighted by Crippen LogP contribution is 2.41. The Labute approximate surface area is 147 Å². The van der Waals surface area contributed by atoms with Gasteiger partial charge in [-0.25, -0.2) is 4.79 Å². The molecular weight excluding hydrogens is 322 g/mol. The van der Waals surface area contributed by atoms with Crippen molar-refractivity contribution >= 4 is 12.1 Å². The lowest BCUT2D eigenvalue weighted by molar-refractivity contribution is -0.147. The Morgan fingerprint density at radius 1 is 1.24 bits per heavy atom. The molecule has 2 atom stereocenters. The first kappa shape index (κ1) is 17.7. The summed E-state index contributed by atoms with van der Waals surface area (Å²) in [5.41, 5.74) is -0.0156. The molecule has 2 N–H and O–H groups in total. The maximum Gasteiger partial charge on any atom is 0.410 e. The second-order valence-corrected chi connectivity index (χ2v) is 7.05. The number of carboxylic acid groups (broad SMARTS) is 1. The van der Waals surface area contributed by atoms with Crippen LogP contribution in [0.25, 0.3) is 0 Å². The van der Waals surface area contributed by atoms with E-state index in [0.29, 0.717) is 19.3 Å². The first-order chi connectivity index (χ1) is 12.0. The predicted molar refractivity (Wildman–Crippen MR) is 91.1 cm³/mol. The van der Waals surface area contributed by atoms with E-state index in [1.54, 1.807) is 0 Å². The molecule has 0 aromatic heterocycles. The SMILES string of the molecule is O=C1CC[C@@H](N(C[C@H](c2ccccc2)C2(O)CCCCC2)C(=O)O)O1. The van der Waals surface area contributed by atoms with E-state index in [0.717, 1.165) is 24.8 Å². The second-order valence-electron chi connectivity index (χ2n) is 7.05. The van der Waals surface area contributed by atoms with Crippen LogP contribution in [0.1, 0.15) is 56.4 Å². The number of esters is 1. The van der Waals surface area contributed by atoms with Crippen molar-refractivity contribution in [1.82, 2.24) is 4.90 Å². The summed E-state index contributed by atoms with van der Waals surface area (Å²) in [6, 6.07) is 9.56. The molecule has 1 aliphatic carbocycles. The van der Waals surface area contributed by atoms with Crippen LogP contribution in [0.15, 0.2) is 30.3 Å². The number of hydrogen-bond donors (Lipinski definition) is 2. The molecule has 1 saturated heterocycles. The molecule has 2 aliphatic rings. The molecule has 1 amide bonds. The van der Waals surface area contributed by atoms with Gasteiger partial charge in [-0.1, -0.05) is 49.6 Å². The molecule has 6 heteroatoms. The van der Waals surface area contributed by atoms with Gasteiger partial charge in [-0.2, -0.15) is 0 Å². The monoisotopic (exact) mass is 347 g/mol. The quantitative estimate of drug-likeness (QED) is 0.799. The molecule has 3 rings (SSSR count). The van der Waals surface area contributed by atoms with E-state index in [-0.39, 0.29) is 24.9 Å². The fourth-order valence-electron chi connectivity index (χ4n) is 4.03. The zero-order valence-corrected chi connectivity index (χ0v) is 14.3. The van der Waals surface area contributed by atoms with Crippen LogP contribution in [-0.4, -0.2) is 45.5 Å². The molecule has 1 saturated carbocycles. The number of cyclic esters (lactones) is 1. The van der Waals surface area contributed by atoms with Crippen molar-refractivity contribution in [3.8, 4) is 0 Å². The van der Waals surface area contributed by atoms with Gasteiger partial charge in [0.25, 0.3) is 0 Å². The van der Waals surface area contributed by atoms with Gasteiger partial charge < -0.3 is 14.9 Å². The lowest BCUT2D eigenvalue weighted by Gasteiger charge is -2.42. The van der Waals surface area contributed by atoms with Crippen molar-refractivity contribution < 1.29 is 24.5 Å². The molecular formula is C19H25NO5. The first-order valence-electron chi connectivity index (χ1n) is 8.96. The van der Waals surface area contributed by atoms with Crippen LogP contribution in [0.2, 0.25) is 0 Å². The number of carbonyl (C=O) groups is 2. The Bertz CT molecular complexity index is 612. The summed E-state index contributed by atoms with van der Waals surface area (Å²) in [6.07, 6.45) is 2.99. The van der Waals surface area contributed by atoms with Gasteiger partial charge >= 0.3 is 12.1 Å². The number of hydrogen-bond acceptors (Lipinski definition) is 4. The van der Waals surface area contributed by atoms with Crippen LogP contribution in [0.3, 0.4) is 0 Å². The largest absolute Gasteiger partial charge is 0.465 e. The van der Waals surface area contributed by atoms with E-state index in [1.807, 2.05) is 30.3 Å². The van der Waals surface area contributed by atoms with E-state index in [4.69, 9.17) is 4.74 Å². The lowest BCUT2D eigenvalue weighted by Crippen LogP contribution is -2.48. The van der Waals surface area contributed by atoms with Crippen LogP contribution < -0.4 is 0 Å².